The number of anilines is 1. The predicted molar refractivity (Wildman–Crippen MR) is 108 cm³/mol. The van der Waals surface area contributed by atoms with Crippen LogP contribution in [-0.2, 0) is 0 Å². The topological polar surface area (TPSA) is 62.5 Å². The molecule has 2 aromatic carbocycles. The van der Waals surface area contributed by atoms with Crippen molar-refractivity contribution in [2.45, 2.75) is 19.8 Å². The molecule has 2 heterocycles. The van der Waals surface area contributed by atoms with Crippen molar-refractivity contribution in [3.63, 3.8) is 0 Å². The van der Waals surface area contributed by atoms with E-state index in [2.05, 4.69) is 22.3 Å². The van der Waals surface area contributed by atoms with Gasteiger partial charge in [-0.2, -0.15) is 0 Å². The van der Waals surface area contributed by atoms with Gasteiger partial charge < -0.3 is 14.2 Å². The van der Waals surface area contributed by atoms with Crippen LogP contribution >= 0.6 is 0 Å². The van der Waals surface area contributed by atoms with E-state index in [9.17, 15) is 4.79 Å². The molecule has 0 saturated carbocycles. The van der Waals surface area contributed by atoms with E-state index in [-0.39, 0.29) is 11.8 Å². The van der Waals surface area contributed by atoms with Gasteiger partial charge in [0.1, 0.15) is 0 Å². The Morgan fingerprint density at radius 2 is 1.64 bits per heavy atom. The summed E-state index contributed by atoms with van der Waals surface area (Å²) in [5, 5.41) is 8.23. The van der Waals surface area contributed by atoms with Crippen LogP contribution in [0.25, 0.3) is 11.1 Å². The average molecular weight is 376 g/mol. The summed E-state index contributed by atoms with van der Waals surface area (Å²) < 4.78 is 5.73. The van der Waals surface area contributed by atoms with Crippen molar-refractivity contribution in [3.8, 4) is 11.1 Å². The standard InChI is InChI=1S/C22H24N4O2/c1-16(2)20-23-24-22(28-20)26-13-11-25(12-14-26)21(27)19-10-6-9-18(15-19)17-7-4-3-5-8-17/h3-10,15-16H,11-14H2,1-2H3. The molecule has 6 heteroatoms. The van der Waals surface area contributed by atoms with Gasteiger partial charge in [0.25, 0.3) is 5.91 Å². The van der Waals surface area contributed by atoms with Gasteiger partial charge in [0.2, 0.25) is 5.89 Å². The molecular weight excluding hydrogens is 352 g/mol. The normalized spacial score (nSPS) is 14.5. The second-order valence-electron chi connectivity index (χ2n) is 7.30. The van der Waals surface area contributed by atoms with Crippen molar-refractivity contribution in [3.05, 3.63) is 66.1 Å². The molecule has 28 heavy (non-hydrogen) atoms. The Kier molecular flexibility index (Phi) is 5.10. The summed E-state index contributed by atoms with van der Waals surface area (Å²) in [4.78, 5) is 16.9. The molecule has 0 radical (unpaired) electrons. The van der Waals surface area contributed by atoms with Crippen LogP contribution in [-0.4, -0.2) is 47.2 Å². The maximum absolute atomic E-state index is 13.0. The van der Waals surface area contributed by atoms with Gasteiger partial charge in [-0.25, -0.2) is 0 Å². The SMILES string of the molecule is CC(C)c1nnc(N2CCN(C(=O)c3cccc(-c4ccccc4)c3)CC2)o1. The van der Waals surface area contributed by atoms with Crippen LogP contribution in [0, 0.1) is 0 Å². The van der Waals surface area contributed by atoms with Crippen LogP contribution in [0.5, 0.6) is 0 Å². The van der Waals surface area contributed by atoms with Crippen LogP contribution in [0.2, 0.25) is 0 Å². The first-order chi connectivity index (χ1) is 13.6. The van der Waals surface area contributed by atoms with Gasteiger partial charge in [-0.15, -0.1) is 5.10 Å². The Balaban J connectivity index is 1.43. The monoisotopic (exact) mass is 376 g/mol. The first-order valence-electron chi connectivity index (χ1n) is 9.65. The highest BCUT2D eigenvalue weighted by molar-refractivity contribution is 5.95. The number of piperazine rings is 1. The van der Waals surface area contributed by atoms with Gasteiger partial charge in [0.15, 0.2) is 0 Å². The minimum absolute atomic E-state index is 0.0610. The summed E-state index contributed by atoms with van der Waals surface area (Å²) in [5.41, 5.74) is 2.88. The Labute approximate surface area is 164 Å². The maximum Gasteiger partial charge on any atom is 0.318 e. The second-order valence-corrected chi connectivity index (χ2v) is 7.30. The highest BCUT2D eigenvalue weighted by atomic mass is 16.4. The highest BCUT2D eigenvalue weighted by Gasteiger charge is 2.25. The molecular formula is C22H24N4O2. The molecule has 0 atom stereocenters. The molecule has 1 saturated heterocycles. The van der Waals surface area contributed by atoms with Gasteiger partial charge in [0, 0.05) is 37.7 Å². The Morgan fingerprint density at radius 1 is 0.929 bits per heavy atom. The third kappa shape index (κ3) is 3.76. The fourth-order valence-electron chi connectivity index (χ4n) is 3.33. The molecule has 144 valence electrons. The van der Waals surface area contributed by atoms with Gasteiger partial charge in [-0.05, 0) is 23.3 Å². The van der Waals surface area contributed by atoms with E-state index in [1.54, 1.807) is 0 Å². The number of carbonyl (C=O) groups excluding carboxylic acids is 1. The zero-order chi connectivity index (χ0) is 19.5. The van der Waals surface area contributed by atoms with Crippen molar-refractivity contribution < 1.29 is 9.21 Å². The summed E-state index contributed by atoms with van der Waals surface area (Å²) in [6.07, 6.45) is 0. The third-order valence-corrected chi connectivity index (χ3v) is 4.98. The lowest BCUT2D eigenvalue weighted by atomic mass is 10.0. The minimum atomic E-state index is 0.0610. The van der Waals surface area contributed by atoms with Gasteiger partial charge >= 0.3 is 6.01 Å². The zero-order valence-corrected chi connectivity index (χ0v) is 16.2. The Hall–Kier alpha value is -3.15. The molecule has 0 N–H and O–H groups in total. The fraction of sp³-hybridized carbons (Fsp3) is 0.318. The highest BCUT2D eigenvalue weighted by Crippen LogP contribution is 2.22. The fourth-order valence-corrected chi connectivity index (χ4v) is 3.33. The molecule has 0 bridgehead atoms. The summed E-state index contributed by atoms with van der Waals surface area (Å²) >= 11 is 0. The number of carbonyl (C=O) groups is 1. The molecule has 6 nitrogen and oxygen atoms in total. The van der Waals surface area contributed by atoms with E-state index in [1.807, 2.05) is 66.1 Å². The quantitative estimate of drug-likeness (QED) is 0.693. The number of rotatable bonds is 4. The third-order valence-electron chi connectivity index (χ3n) is 4.98. The number of aromatic nitrogens is 2. The average Bonchev–Trinajstić information content (AvgIpc) is 3.25. The molecule has 4 rings (SSSR count). The molecule has 1 aliphatic heterocycles. The summed E-state index contributed by atoms with van der Waals surface area (Å²) in [7, 11) is 0. The maximum atomic E-state index is 13.0. The molecule has 1 fully saturated rings. The van der Waals surface area contributed by atoms with E-state index >= 15 is 0 Å². The summed E-state index contributed by atoms with van der Waals surface area (Å²) in [6.45, 7) is 6.68. The minimum Gasteiger partial charge on any atom is -0.408 e. The van der Waals surface area contributed by atoms with Crippen molar-refractivity contribution in [2.75, 3.05) is 31.1 Å². The lowest BCUT2D eigenvalue weighted by molar-refractivity contribution is 0.0745. The van der Waals surface area contributed by atoms with E-state index in [4.69, 9.17) is 4.42 Å². The Bertz CT molecular complexity index is 944. The lowest BCUT2D eigenvalue weighted by Gasteiger charge is -2.33. The predicted octanol–water partition coefficient (Wildman–Crippen LogP) is 3.82. The Morgan fingerprint density at radius 3 is 2.32 bits per heavy atom. The number of amides is 1. The number of hydrogen-bond donors (Lipinski definition) is 0. The second kappa shape index (κ2) is 7.84. The van der Waals surface area contributed by atoms with Crippen LogP contribution in [0.1, 0.15) is 36.0 Å². The van der Waals surface area contributed by atoms with Crippen molar-refractivity contribution in [1.82, 2.24) is 15.1 Å². The van der Waals surface area contributed by atoms with Crippen LogP contribution in [0.3, 0.4) is 0 Å². The number of nitrogens with zero attached hydrogens (tertiary/aromatic N) is 4. The van der Waals surface area contributed by atoms with E-state index in [1.165, 1.54) is 0 Å². The molecule has 0 spiro atoms. The molecule has 0 aliphatic carbocycles. The largest absolute Gasteiger partial charge is 0.408 e. The molecule has 3 aromatic rings. The van der Waals surface area contributed by atoms with Gasteiger partial charge in [-0.1, -0.05) is 61.4 Å². The lowest BCUT2D eigenvalue weighted by Crippen LogP contribution is -2.49. The van der Waals surface area contributed by atoms with Crippen LogP contribution < -0.4 is 4.90 Å². The number of benzene rings is 2. The number of hydrogen-bond acceptors (Lipinski definition) is 5. The van der Waals surface area contributed by atoms with E-state index < -0.39 is 0 Å². The first-order valence-corrected chi connectivity index (χ1v) is 9.65. The molecule has 1 aromatic heterocycles. The van der Waals surface area contributed by atoms with Crippen molar-refractivity contribution in [1.29, 1.82) is 0 Å². The zero-order valence-electron chi connectivity index (χ0n) is 16.2. The molecule has 1 amide bonds. The first kappa shape index (κ1) is 18.2. The van der Waals surface area contributed by atoms with Gasteiger partial charge in [0.05, 0.1) is 0 Å². The van der Waals surface area contributed by atoms with Crippen LogP contribution in [0.4, 0.5) is 6.01 Å². The van der Waals surface area contributed by atoms with Crippen molar-refractivity contribution >= 4 is 11.9 Å². The summed E-state index contributed by atoms with van der Waals surface area (Å²) in [6, 6.07) is 18.5. The smallest absolute Gasteiger partial charge is 0.318 e. The van der Waals surface area contributed by atoms with Crippen molar-refractivity contribution in [2.24, 2.45) is 0 Å². The molecule has 0 unspecified atom stereocenters. The summed E-state index contributed by atoms with van der Waals surface area (Å²) in [5.74, 6) is 0.915. The van der Waals surface area contributed by atoms with Gasteiger partial charge in [-0.3, -0.25) is 4.79 Å². The van der Waals surface area contributed by atoms with E-state index in [0.29, 0.717) is 38.1 Å². The molecule has 1 aliphatic rings. The van der Waals surface area contributed by atoms with Crippen LogP contribution in [0.15, 0.2) is 59.0 Å². The van der Waals surface area contributed by atoms with E-state index in [0.717, 1.165) is 16.7 Å².